The van der Waals surface area contributed by atoms with Crippen LogP contribution in [0, 0.1) is 88.8 Å². The molecular formula is C35H55Co3N+. The van der Waals surface area contributed by atoms with E-state index in [0.717, 1.165) is 0 Å². The Balaban J connectivity index is -0.000000208. The summed E-state index contributed by atoms with van der Waals surface area (Å²) in [5, 5.41) is 0. The van der Waals surface area contributed by atoms with Crippen molar-refractivity contribution >= 4 is 6.72 Å². The van der Waals surface area contributed by atoms with Gasteiger partial charge in [0.25, 0.3) is 0 Å². The first-order valence-electron chi connectivity index (χ1n) is 13.2. The van der Waals surface area contributed by atoms with Crippen LogP contribution in [0.1, 0.15) is 125 Å². The molecule has 0 saturated heterocycles. The van der Waals surface area contributed by atoms with Crippen LogP contribution in [-0.2, 0) is 50.3 Å². The second-order valence-electron chi connectivity index (χ2n) is 11.7. The predicted molar refractivity (Wildman–Crippen MR) is 162 cm³/mol. The van der Waals surface area contributed by atoms with Gasteiger partial charge >= 0.3 is 16.8 Å². The molecule has 4 heteroatoms. The summed E-state index contributed by atoms with van der Waals surface area (Å²) in [6, 6.07) is 0. The van der Waals surface area contributed by atoms with Gasteiger partial charge in [0, 0.05) is 39.1 Å². The minimum absolute atomic E-state index is 0. The van der Waals surface area contributed by atoms with E-state index in [4.69, 9.17) is 6.72 Å². The molecule has 3 aliphatic rings. The van der Waals surface area contributed by atoms with Crippen LogP contribution < -0.4 is 0 Å². The van der Waals surface area contributed by atoms with Crippen LogP contribution in [0.4, 0.5) is 0 Å². The zero-order valence-electron chi connectivity index (χ0n) is 28.0. The third kappa shape index (κ3) is 13.2. The second kappa shape index (κ2) is 20.2. The Bertz CT molecular complexity index is 426. The van der Waals surface area contributed by atoms with Crippen LogP contribution >= 0.6 is 0 Å². The largest absolute Gasteiger partial charge is 2.00 e. The van der Waals surface area contributed by atoms with Crippen molar-refractivity contribution in [2.75, 3.05) is 0 Å². The van der Waals surface area contributed by atoms with E-state index in [9.17, 15) is 0 Å². The summed E-state index contributed by atoms with van der Waals surface area (Å²) in [6.07, 6.45) is 0. The maximum atomic E-state index is 4.93. The molecule has 0 amide bonds. The molecule has 3 rings (SSSR count). The van der Waals surface area contributed by atoms with E-state index >= 15 is 0 Å². The maximum Gasteiger partial charge on any atom is 2.00 e. The third-order valence-corrected chi connectivity index (χ3v) is 8.82. The van der Waals surface area contributed by atoms with E-state index in [0.29, 0.717) is 0 Å². The molecule has 3 aliphatic carbocycles. The molecule has 226 valence electrons. The minimum atomic E-state index is -0.0556. The van der Waals surface area contributed by atoms with Crippen molar-refractivity contribution in [2.45, 2.75) is 130 Å². The van der Waals surface area contributed by atoms with Gasteiger partial charge in [0.1, 0.15) is 0 Å². The fourth-order valence-electron chi connectivity index (χ4n) is 4.22. The molecule has 3 saturated carbocycles. The topological polar surface area (TPSA) is 12.4 Å². The van der Waals surface area contributed by atoms with Crippen LogP contribution in [0.2, 0.25) is 0 Å². The van der Waals surface area contributed by atoms with Crippen molar-refractivity contribution < 1.29 is 50.3 Å². The molecule has 0 spiro atoms. The molecule has 39 heavy (non-hydrogen) atoms. The number of hydrogen-bond donors (Lipinski definition) is 0. The Morgan fingerprint density at radius 1 is 0.333 bits per heavy atom. The van der Waals surface area contributed by atoms with Crippen LogP contribution in [-0.4, -0.2) is 12.3 Å². The molecule has 1 nitrogen and oxygen atoms in total. The second-order valence-corrected chi connectivity index (χ2v) is 11.7. The molecule has 0 atom stereocenters. The van der Waals surface area contributed by atoms with Gasteiger partial charge in [-0.3, -0.25) is 0 Å². The Hall–Kier alpha value is 1.19. The van der Waals surface area contributed by atoms with E-state index in [1.54, 1.807) is 0 Å². The summed E-state index contributed by atoms with van der Waals surface area (Å²) in [7, 11) is 0. The summed E-state index contributed by atoms with van der Waals surface area (Å²) in [4.78, 5) is 3.52. The molecule has 0 aliphatic heterocycles. The monoisotopic (exact) mass is 666 g/mol. The van der Waals surface area contributed by atoms with E-state index in [-0.39, 0.29) is 55.9 Å². The van der Waals surface area contributed by atoms with Crippen LogP contribution in [0.3, 0.4) is 0 Å². The van der Waals surface area contributed by atoms with Gasteiger partial charge in [0.2, 0.25) is 0 Å². The van der Waals surface area contributed by atoms with Gasteiger partial charge in [0.05, 0.1) is 0 Å². The van der Waals surface area contributed by atoms with Crippen LogP contribution in [0.25, 0.3) is 0 Å². The first kappa shape index (κ1) is 47.1. The molecule has 0 heterocycles. The summed E-state index contributed by atoms with van der Waals surface area (Å²) in [5.74, 6) is 22.0. The Kier molecular flexibility index (Phi) is 24.4. The zero-order chi connectivity index (χ0) is 28.9. The number of aliphatic imine (C=N–C) groups is 1. The molecule has 3 fully saturated rings. The molecule has 0 aromatic rings. The van der Waals surface area contributed by atoms with Gasteiger partial charge in [-0.1, -0.05) is 104 Å². The fourth-order valence-corrected chi connectivity index (χ4v) is 4.22. The summed E-state index contributed by atoms with van der Waals surface area (Å²) >= 11 is 0. The third-order valence-electron chi connectivity index (χ3n) is 8.82. The van der Waals surface area contributed by atoms with Crippen molar-refractivity contribution in [3.63, 3.8) is 0 Å². The number of hydrogen-bond acceptors (Lipinski definition) is 1. The standard InChI is InChI=1S/3C10H15.C5H10N.3Co/c3*1-6-7(2)9(4)10(5)8(6)3;1-5(2,3)6-4;;;/h3*1-5H3;4H,1-3H3;;;/q;;;-1;;;+2. The van der Waals surface area contributed by atoms with Gasteiger partial charge in [0.15, 0.2) is 0 Å². The fraction of sp³-hybridized carbons (Fsp3) is 0.543. The molecule has 0 bridgehead atoms. The number of nitrogens with zero attached hydrogens (tertiary/aromatic N) is 1. The van der Waals surface area contributed by atoms with Gasteiger partial charge in [-0.05, 0) is 110 Å². The van der Waals surface area contributed by atoms with Crippen LogP contribution in [0.5, 0.6) is 0 Å². The smallest absolute Gasteiger partial charge is 0.501 e. The molecule has 0 aromatic heterocycles. The van der Waals surface area contributed by atoms with E-state index in [1.807, 2.05) is 20.8 Å². The van der Waals surface area contributed by atoms with E-state index in [2.05, 4.69) is 109 Å². The molecule has 18 radical (unpaired) electrons. The normalized spacial score (nSPS) is 23.6. The van der Waals surface area contributed by atoms with E-state index in [1.165, 1.54) is 88.8 Å². The van der Waals surface area contributed by atoms with Crippen LogP contribution in [0.15, 0.2) is 4.99 Å². The molecular weight excluding hydrogens is 611 g/mol. The Morgan fingerprint density at radius 3 is 0.410 bits per heavy atom. The summed E-state index contributed by atoms with van der Waals surface area (Å²) < 4.78 is 0. The first-order chi connectivity index (χ1) is 16.2. The molecule has 0 N–H and O–H groups in total. The Morgan fingerprint density at radius 2 is 0.385 bits per heavy atom. The van der Waals surface area contributed by atoms with Crippen molar-refractivity contribution in [1.29, 1.82) is 0 Å². The number of rotatable bonds is 0. The molecule has 0 aromatic carbocycles. The minimum Gasteiger partial charge on any atom is -0.501 e. The average Bonchev–Trinajstić information content (AvgIpc) is 3.19. The molecule has 0 unspecified atom stereocenters. The van der Waals surface area contributed by atoms with E-state index < -0.39 is 0 Å². The quantitative estimate of drug-likeness (QED) is 0.180. The Labute approximate surface area is 279 Å². The van der Waals surface area contributed by atoms with Crippen molar-refractivity contribution in [2.24, 2.45) is 4.99 Å². The zero-order valence-corrected chi connectivity index (χ0v) is 31.1. The SMILES string of the molecule is C[C]1[C](C)[C](C)[C](C)[C]1C.C[C]1[C](C)[C](C)[C](C)[C]1C.C[C]1[C](C)[C](C)[C](C)[C]1C.[CH-]=NC(C)(C)C.[Co+2].[Co].[Co]. The predicted octanol–water partition coefficient (Wildman–Crippen LogP) is 10.3. The first-order valence-corrected chi connectivity index (χ1v) is 13.2. The van der Waals surface area contributed by atoms with Gasteiger partial charge in [-0.2, -0.15) is 0 Å². The summed E-state index contributed by atoms with van der Waals surface area (Å²) in [6.45, 7) is 43.8. The van der Waals surface area contributed by atoms with Crippen molar-refractivity contribution in [3.8, 4) is 0 Å². The van der Waals surface area contributed by atoms with Crippen molar-refractivity contribution in [3.05, 3.63) is 88.8 Å². The summed E-state index contributed by atoms with van der Waals surface area (Å²) in [5.41, 5.74) is -0.0556. The van der Waals surface area contributed by atoms with Gasteiger partial charge < -0.3 is 11.7 Å². The average molecular weight is 667 g/mol. The van der Waals surface area contributed by atoms with Gasteiger partial charge in [-0.15, -0.1) is 0 Å². The van der Waals surface area contributed by atoms with Crippen molar-refractivity contribution in [1.82, 2.24) is 0 Å². The maximum absolute atomic E-state index is 4.93. The van der Waals surface area contributed by atoms with Gasteiger partial charge in [-0.25, -0.2) is 0 Å².